The van der Waals surface area contributed by atoms with E-state index in [4.69, 9.17) is 33.5 Å². The molecule has 22 nitrogen and oxygen atoms in total. The fraction of sp³-hybridized carbons (Fsp3) is 0.109. The average molecular weight is 1650 g/mol. The first-order valence-electron chi connectivity index (χ1n) is 38.2. The number of methoxy groups -OCH3 is 2. The highest BCUT2D eigenvalue weighted by Gasteiger charge is 2.16. The summed E-state index contributed by atoms with van der Waals surface area (Å²) in [5.74, 6) is 1.40. The first-order valence-corrected chi connectivity index (χ1v) is 38.2. The van der Waals surface area contributed by atoms with E-state index < -0.39 is 0 Å². The fourth-order valence-electron chi connectivity index (χ4n) is 11.0. The Morgan fingerprint density at radius 2 is 0.602 bits per heavy atom. The number of hydrogen-bond acceptors (Lipinski definition) is 22. The normalized spacial score (nSPS) is 11.8. The van der Waals surface area contributed by atoms with Crippen LogP contribution in [0.5, 0.6) is 57.5 Å². The van der Waals surface area contributed by atoms with Gasteiger partial charge in [-0.25, -0.2) is 0 Å². The number of aliphatic hydroxyl groups is 2. The molecule has 10 aromatic carbocycles. The smallest absolute Gasteiger partial charge is 0.231 e. The lowest BCUT2D eigenvalue weighted by molar-refractivity contribution is -0.123. The molecule has 123 heavy (non-hydrogen) atoms. The molecule has 0 fully saturated rings. The molecule has 0 aromatic heterocycles. The molecule has 2 aliphatic rings. The third-order valence-corrected chi connectivity index (χ3v) is 17.3. The average Bonchev–Trinajstić information content (AvgIpc) is 1.71. The van der Waals surface area contributed by atoms with E-state index in [-0.39, 0.29) is 140 Å². The van der Waals surface area contributed by atoms with Gasteiger partial charge in [0.05, 0.1) is 59.5 Å². The molecule has 10 aromatic rings. The molecule has 12 rings (SSSR count). The van der Waals surface area contributed by atoms with Crippen molar-refractivity contribution in [3.8, 4) is 57.5 Å². The summed E-state index contributed by atoms with van der Waals surface area (Å²) in [5.41, 5.74) is 8.66. The number of allylic oxidation sites excluding steroid dienone is 10. The number of phenols is 4. The molecule has 0 unspecified atom stereocenters. The molecule has 0 aliphatic carbocycles. The number of rotatable bonds is 34. The monoisotopic (exact) mass is 1650 g/mol. The van der Waals surface area contributed by atoms with Crippen molar-refractivity contribution >= 4 is 119 Å². The van der Waals surface area contributed by atoms with E-state index in [0.717, 1.165) is 44.5 Å². The number of carbonyl (C=O) groups excluding carboxylic acids is 10. The molecule has 0 atom stereocenters. The molecule has 2 aliphatic heterocycles. The van der Waals surface area contributed by atoms with Crippen LogP contribution in [0.2, 0.25) is 0 Å². The number of aliphatic hydroxyl groups excluding tert-OH is 2. The van der Waals surface area contributed by atoms with Crippen molar-refractivity contribution in [3.63, 3.8) is 0 Å². The Morgan fingerprint density at radius 1 is 0.285 bits per heavy atom. The van der Waals surface area contributed by atoms with Crippen LogP contribution in [0.1, 0.15) is 98.9 Å². The lowest BCUT2D eigenvalue weighted by Gasteiger charge is -2.03. The fourth-order valence-corrected chi connectivity index (χ4v) is 11.0. The summed E-state index contributed by atoms with van der Waals surface area (Å²) in [4.78, 5) is 119. The van der Waals surface area contributed by atoms with Gasteiger partial charge in [0.1, 0.15) is 34.5 Å². The zero-order chi connectivity index (χ0) is 88.1. The molecule has 0 saturated heterocycles. The van der Waals surface area contributed by atoms with Gasteiger partial charge >= 0.3 is 0 Å². The highest BCUT2D eigenvalue weighted by Crippen LogP contribution is 2.34. The van der Waals surface area contributed by atoms with Gasteiger partial charge < -0.3 is 59.1 Å². The van der Waals surface area contributed by atoms with E-state index in [1.807, 2.05) is 66.7 Å². The number of hydrogen-bond donors (Lipinski definition) is 6. The molecule has 0 spiro atoms. The predicted molar refractivity (Wildman–Crippen MR) is 472 cm³/mol. The Kier molecular flexibility index (Phi) is 37.8. The van der Waals surface area contributed by atoms with E-state index in [1.54, 1.807) is 190 Å². The Balaban J connectivity index is 0.000000191. The summed E-state index contributed by atoms with van der Waals surface area (Å²) in [6.45, 7) is 0.246. The summed E-state index contributed by atoms with van der Waals surface area (Å²) in [5, 5.41) is 56.1. The van der Waals surface area contributed by atoms with Gasteiger partial charge in [0, 0.05) is 16.7 Å². The summed E-state index contributed by atoms with van der Waals surface area (Å²) >= 11 is 0. The second-order valence-corrected chi connectivity index (χ2v) is 26.7. The van der Waals surface area contributed by atoms with Crippen LogP contribution in [0.15, 0.2) is 291 Å². The number of ketones is 10. The van der Waals surface area contributed by atoms with Gasteiger partial charge in [-0.05, 0) is 214 Å². The van der Waals surface area contributed by atoms with Gasteiger partial charge in [-0.15, -0.1) is 0 Å². The number of carbonyl (C=O) groups is 10. The van der Waals surface area contributed by atoms with Gasteiger partial charge in [0.25, 0.3) is 0 Å². The molecule has 0 bridgehead atoms. The molecule has 0 amide bonds. The third kappa shape index (κ3) is 34.0. The number of aromatic hydroxyl groups is 4. The maximum atomic E-state index is 12.0. The SMILES string of the molecule is COc1cccc(/C=C/C(=O)CC(=O)/C=C/c2cccc(CO)c2)c1.COc1ccccc1/C=C/C(=O)CC(=O)/C=C/c1ccccc1CO.O=C(/C=C/c1ccc2c(c1)OCO2)CC(=O)/C=C/c1ccc2c(c1)OCO2.O=C(/C=C/c1cccc(O)c1)CC(=O)/C=C/c1cccc(O)c1.O=C(/C=C/c1ccccc1O)CC(=O)/C=C/c1ccccc1O. The van der Waals surface area contributed by atoms with Gasteiger partial charge in [-0.2, -0.15) is 0 Å². The van der Waals surface area contributed by atoms with Crippen LogP contribution in [0.4, 0.5) is 0 Å². The molecular weight excluding hydrogens is 1570 g/mol. The minimum Gasteiger partial charge on any atom is -0.508 e. The Bertz CT molecular complexity index is 5380. The molecule has 2 heterocycles. The summed E-state index contributed by atoms with van der Waals surface area (Å²) in [7, 11) is 3.14. The van der Waals surface area contributed by atoms with E-state index in [1.165, 1.54) is 109 Å². The van der Waals surface area contributed by atoms with Crippen LogP contribution >= 0.6 is 0 Å². The first-order chi connectivity index (χ1) is 59.5. The molecule has 6 N–H and O–H groups in total. The van der Waals surface area contributed by atoms with Crippen LogP contribution < -0.4 is 28.4 Å². The highest BCUT2D eigenvalue weighted by molar-refractivity contribution is 6.14. The van der Waals surface area contributed by atoms with E-state index in [0.29, 0.717) is 56.8 Å². The van der Waals surface area contributed by atoms with E-state index >= 15 is 0 Å². The summed E-state index contributed by atoms with van der Waals surface area (Å²) in [6.07, 6.45) is 28.3. The molecular formula is C101H88O22. The lowest BCUT2D eigenvalue weighted by Crippen LogP contribution is -2.02. The zero-order valence-corrected chi connectivity index (χ0v) is 67.1. The van der Waals surface area contributed by atoms with E-state index in [9.17, 15) is 73.5 Å². The molecule has 22 heteroatoms. The third-order valence-electron chi connectivity index (χ3n) is 17.3. The predicted octanol–water partition coefficient (Wildman–Crippen LogP) is 17.0. The van der Waals surface area contributed by atoms with Crippen molar-refractivity contribution in [1.29, 1.82) is 0 Å². The van der Waals surface area contributed by atoms with Crippen LogP contribution in [0, 0.1) is 0 Å². The van der Waals surface area contributed by atoms with Crippen molar-refractivity contribution in [2.24, 2.45) is 0 Å². The van der Waals surface area contributed by atoms with Crippen molar-refractivity contribution in [2.45, 2.75) is 45.3 Å². The Labute approximate surface area is 710 Å². The van der Waals surface area contributed by atoms with Crippen LogP contribution in [0.25, 0.3) is 60.8 Å². The Morgan fingerprint density at radius 3 is 0.984 bits per heavy atom. The van der Waals surface area contributed by atoms with Crippen LogP contribution in [0.3, 0.4) is 0 Å². The zero-order valence-electron chi connectivity index (χ0n) is 67.1. The number of phenolic OH excluding ortho intramolecular Hbond substituents is 4. The molecule has 0 radical (unpaired) electrons. The minimum atomic E-state index is -0.361. The Hall–Kier alpha value is -15.8. The van der Waals surface area contributed by atoms with Gasteiger partial charge in [0.2, 0.25) is 13.6 Å². The van der Waals surface area contributed by atoms with Crippen LogP contribution in [-0.4, -0.2) is 116 Å². The van der Waals surface area contributed by atoms with E-state index in [2.05, 4.69) is 0 Å². The first kappa shape index (κ1) is 92.7. The van der Waals surface area contributed by atoms with Crippen molar-refractivity contribution < 1.29 is 107 Å². The quantitative estimate of drug-likeness (QED) is 0.0161. The minimum absolute atomic E-state index is 0.0524. The number of benzene rings is 10. The van der Waals surface area contributed by atoms with Crippen LogP contribution in [-0.2, 0) is 61.2 Å². The second kappa shape index (κ2) is 50.1. The van der Waals surface area contributed by atoms with Crippen molar-refractivity contribution in [3.05, 3.63) is 358 Å². The largest absolute Gasteiger partial charge is 0.508 e. The lowest BCUT2D eigenvalue weighted by atomic mass is 10.1. The van der Waals surface area contributed by atoms with Crippen molar-refractivity contribution in [2.75, 3.05) is 27.8 Å². The second-order valence-electron chi connectivity index (χ2n) is 26.7. The summed E-state index contributed by atoms with van der Waals surface area (Å²) < 4.78 is 31.4. The van der Waals surface area contributed by atoms with Gasteiger partial charge in [0.15, 0.2) is 80.8 Å². The number of fused-ring (bicyclic) bond motifs is 2. The van der Waals surface area contributed by atoms with Gasteiger partial charge in [-0.3, -0.25) is 47.9 Å². The maximum absolute atomic E-state index is 12.0. The number of para-hydroxylation sites is 3. The number of ether oxygens (including phenoxy) is 6. The molecule has 0 saturated carbocycles. The molecule has 624 valence electrons. The topological polar surface area (TPSA) is 347 Å². The summed E-state index contributed by atoms with van der Waals surface area (Å²) in [6, 6.07) is 66.0. The maximum Gasteiger partial charge on any atom is 0.231 e. The standard InChI is InChI=1S/C21H16O6.2C21H20O4.2C19H16O4/c22-16(5-1-14-3-7-18-20(9-14)26-12-24-18)11-17(23)6-2-15-4-8-19-21(10-15)27-13-25-19;1-25-21-7-3-5-17(13-21)9-11-20(24)14-19(23)10-8-16-4-2-6-18(12-16)15-22;1-25-21-9-5-4-7-17(21)11-13-20(24)14-19(23)12-10-16-6-2-3-8-18(16)15-22;20-16-5-1-3-14(11-16)7-9-18(22)13-19(23)10-8-15-4-2-6-17(21)12-15;20-16(11-9-14-5-1-3-7-18(14)22)13-17(21)12-10-15-6-2-4-8-19(15)23/h1-10H,11-13H2;2*2-13,22H,14-15H2,1H3;1-12,20-21H,13H2;1-12,22-23H,13H2/b5-1+,6-2+;10-8+,11-9+;12-10+,13-11+;9-7+,10-8+;11-9+,12-10+. The van der Waals surface area contributed by atoms with Crippen molar-refractivity contribution in [1.82, 2.24) is 0 Å². The van der Waals surface area contributed by atoms with Gasteiger partial charge in [-0.1, -0.05) is 188 Å². The highest BCUT2D eigenvalue weighted by atomic mass is 16.7.